The first-order valence-corrected chi connectivity index (χ1v) is 7.73. The average molecular weight is 263 g/mol. The largest absolute Gasteiger partial charge is 0.379 e. The van der Waals surface area contributed by atoms with Crippen LogP contribution in [0.4, 0.5) is 0 Å². The van der Waals surface area contributed by atoms with Gasteiger partial charge in [-0.1, -0.05) is 13.8 Å². The Bertz CT molecular complexity index is 431. The Labute approximate surface area is 115 Å². The highest BCUT2D eigenvalue weighted by Crippen LogP contribution is 2.26. The van der Waals surface area contributed by atoms with E-state index in [-0.39, 0.29) is 0 Å². The van der Waals surface area contributed by atoms with Gasteiger partial charge < -0.3 is 10.1 Å². The van der Waals surface area contributed by atoms with E-state index in [2.05, 4.69) is 23.8 Å². The third kappa shape index (κ3) is 2.70. The van der Waals surface area contributed by atoms with Gasteiger partial charge in [-0.15, -0.1) is 0 Å². The minimum absolute atomic E-state index is 0.454. The van der Waals surface area contributed by atoms with Crippen molar-refractivity contribution in [1.82, 2.24) is 15.1 Å². The fraction of sp³-hybridized carbons (Fsp3) is 0.800. The van der Waals surface area contributed by atoms with Gasteiger partial charge in [-0.2, -0.15) is 5.10 Å². The molecule has 0 amide bonds. The second-order valence-electron chi connectivity index (χ2n) is 5.70. The zero-order chi connectivity index (χ0) is 13.2. The van der Waals surface area contributed by atoms with Crippen molar-refractivity contribution in [2.45, 2.75) is 64.6 Å². The lowest BCUT2D eigenvalue weighted by molar-refractivity contribution is 0.184. The van der Waals surface area contributed by atoms with Crippen LogP contribution in [-0.4, -0.2) is 29.0 Å². The molecular formula is C15H25N3O. The summed E-state index contributed by atoms with van der Waals surface area (Å²) in [6.45, 7) is 7.14. The molecule has 0 radical (unpaired) electrons. The van der Waals surface area contributed by atoms with Gasteiger partial charge in [0.25, 0.3) is 0 Å². The molecule has 2 aliphatic rings. The molecule has 1 unspecified atom stereocenters. The van der Waals surface area contributed by atoms with Gasteiger partial charge in [-0.3, -0.25) is 4.68 Å². The smallest absolute Gasteiger partial charge is 0.0777 e. The van der Waals surface area contributed by atoms with Crippen molar-refractivity contribution in [3.05, 3.63) is 17.0 Å². The number of nitrogens with one attached hydrogen (secondary N) is 1. The molecule has 1 saturated carbocycles. The van der Waals surface area contributed by atoms with Gasteiger partial charge in [0.1, 0.15) is 0 Å². The summed E-state index contributed by atoms with van der Waals surface area (Å²) in [4.78, 5) is 0. The van der Waals surface area contributed by atoms with Crippen LogP contribution >= 0.6 is 0 Å². The fourth-order valence-corrected chi connectivity index (χ4v) is 2.97. The van der Waals surface area contributed by atoms with Crippen LogP contribution in [0.1, 0.15) is 56.1 Å². The van der Waals surface area contributed by atoms with Crippen molar-refractivity contribution in [3.8, 4) is 0 Å². The third-order valence-corrected chi connectivity index (χ3v) is 4.27. The summed E-state index contributed by atoms with van der Waals surface area (Å²) in [6, 6.07) is 1.21. The Kier molecular flexibility index (Phi) is 3.89. The molecule has 106 valence electrons. The first-order chi connectivity index (χ1) is 9.33. The molecule has 4 heteroatoms. The van der Waals surface area contributed by atoms with E-state index in [1.807, 2.05) is 0 Å². The number of ether oxygens (including phenoxy) is 1. The highest BCUT2D eigenvalue weighted by atomic mass is 16.5. The first kappa shape index (κ1) is 13.1. The summed E-state index contributed by atoms with van der Waals surface area (Å²) in [5.41, 5.74) is 4.14. The molecule has 19 heavy (non-hydrogen) atoms. The standard InChI is InChI=1S/C15H25N3O/c1-3-14-13(9-16-11-5-6-11)15(4-2)18(17-14)12-7-8-19-10-12/h11-12,16H,3-10H2,1-2H3. The Balaban J connectivity index is 1.85. The molecule has 1 atom stereocenters. The summed E-state index contributed by atoms with van der Waals surface area (Å²) in [6.07, 6.45) is 5.87. The lowest BCUT2D eigenvalue weighted by Gasteiger charge is -2.13. The number of aryl methyl sites for hydroxylation is 1. The molecule has 2 heterocycles. The molecule has 0 bridgehead atoms. The fourth-order valence-electron chi connectivity index (χ4n) is 2.97. The molecular weight excluding hydrogens is 238 g/mol. The first-order valence-electron chi connectivity index (χ1n) is 7.73. The summed E-state index contributed by atoms with van der Waals surface area (Å²) < 4.78 is 7.79. The van der Waals surface area contributed by atoms with Crippen LogP contribution in [0.2, 0.25) is 0 Å². The van der Waals surface area contributed by atoms with Crippen LogP contribution in [0.5, 0.6) is 0 Å². The van der Waals surface area contributed by atoms with E-state index in [9.17, 15) is 0 Å². The maximum absolute atomic E-state index is 5.53. The van der Waals surface area contributed by atoms with Crippen molar-refractivity contribution in [2.24, 2.45) is 0 Å². The Morgan fingerprint density at radius 3 is 2.68 bits per heavy atom. The van der Waals surface area contributed by atoms with Crippen molar-refractivity contribution < 1.29 is 4.74 Å². The van der Waals surface area contributed by atoms with Crippen LogP contribution in [0, 0.1) is 0 Å². The van der Waals surface area contributed by atoms with Gasteiger partial charge in [0.15, 0.2) is 0 Å². The van der Waals surface area contributed by atoms with Gasteiger partial charge in [0.05, 0.1) is 18.3 Å². The number of rotatable bonds is 6. The predicted octanol–water partition coefficient (Wildman–Crippen LogP) is 2.22. The van der Waals surface area contributed by atoms with Gasteiger partial charge >= 0.3 is 0 Å². The molecule has 1 saturated heterocycles. The van der Waals surface area contributed by atoms with Gasteiger partial charge in [-0.25, -0.2) is 0 Å². The van der Waals surface area contributed by atoms with Crippen LogP contribution < -0.4 is 5.32 Å². The zero-order valence-electron chi connectivity index (χ0n) is 12.1. The molecule has 0 aromatic carbocycles. The van der Waals surface area contributed by atoms with E-state index in [0.717, 1.165) is 45.1 Å². The highest BCUT2D eigenvalue weighted by Gasteiger charge is 2.26. The van der Waals surface area contributed by atoms with Crippen molar-refractivity contribution in [2.75, 3.05) is 13.2 Å². The lowest BCUT2D eigenvalue weighted by Crippen LogP contribution is -2.18. The molecule has 2 fully saturated rings. The summed E-state index contributed by atoms with van der Waals surface area (Å²) in [5, 5.41) is 8.52. The van der Waals surface area contributed by atoms with Gasteiger partial charge in [0, 0.05) is 30.5 Å². The third-order valence-electron chi connectivity index (χ3n) is 4.27. The van der Waals surface area contributed by atoms with Crippen LogP contribution in [-0.2, 0) is 24.1 Å². The van der Waals surface area contributed by atoms with Gasteiger partial charge in [-0.05, 0) is 32.1 Å². The van der Waals surface area contributed by atoms with E-state index < -0.39 is 0 Å². The molecule has 1 aromatic heterocycles. The quantitative estimate of drug-likeness (QED) is 0.855. The highest BCUT2D eigenvalue weighted by molar-refractivity contribution is 5.27. The Morgan fingerprint density at radius 2 is 2.11 bits per heavy atom. The lowest BCUT2D eigenvalue weighted by atomic mass is 10.1. The molecule has 3 rings (SSSR count). The second-order valence-corrected chi connectivity index (χ2v) is 5.70. The van der Waals surface area contributed by atoms with E-state index in [1.165, 1.54) is 29.8 Å². The van der Waals surface area contributed by atoms with E-state index in [0.29, 0.717) is 6.04 Å². The van der Waals surface area contributed by atoms with Crippen molar-refractivity contribution in [1.29, 1.82) is 0 Å². The van der Waals surface area contributed by atoms with Crippen molar-refractivity contribution >= 4 is 0 Å². The predicted molar refractivity (Wildman–Crippen MR) is 75.3 cm³/mol. The molecule has 4 nitrogen and oxygen atoms in total. The topological polar surface area (TPSA) is 39.1 Å². The molecule has 1 aliphatic carbocycles. The number of hydrogen-bond acceptors (Lipinski definition) is 3. The molecule has 1 aromatic rings. The minimum atomic E-state index is 0.454. The van der Waals surface area contributed by atoms with Crippen LogP contribution in [0.3, 0.4) is 0 Å². The Hall–Kier alpha value is -0.870. The zero-order valence-corrected chi connectivity index (χ0v) is 12.1. The van der Waals surface area contributed by atoms with Crippen LogP contribution in [0.15, 0.2) is 0 Å². The van der Waals surface area contributed by atoms with E-state index in [1.54, 1.807) is 0 Å². The van der Waals surface area contributed by atoms with E-state index >= 15 is 0 Å². The monoisotopic (exact) mass is 263 g/mol. The van der Waals surface area contributed by atoms with Crippen LogP contribution in [0.25, 0.3) is 0 Å². The number of hydrogen-bond donors (Lipinski definition) is 1. The molecule has 1 aliphatic heterocycles. The number of aromatic nitrogens is 2. The van der Waals surface area contributed by atoms with Crippen molar-refractivity contribution in [3.63, 3.8) is 0 Å². The summed E-state index contributed by atoms with van der Waals surface area (Å²) >= 11 is 0. The summed E-state index contributed by atoms with van der Waals surface area (Å²) in [5.74, 6) is 0. The maximum atomic E-state index is 5.53. The SMILES string of the molecule is CCc1nn(C2CCOC2)c(CC)c1CNC1CC1. The maximum Gasteiger partial charge on any atom is 0.0777 e. The molecule has 1 N–H and O–H groups in total. The average Bonchev–Trinajstić information content (AvgIpc) is 2.98. The summed E-state index contributed by atoms with van der Waals surface area (Å²) in [7, 11) is 0. The van der Waals surface area contributed by atoms with Gasteiger partial charge in [0.2, 0.25) is 0 Å². The second kappa shape index (κ2) is 5.63. The normalized spacial score (nSPS) is 23.2. The number of nitrogens with zero attached hydrogens (tertiary/aromatic N) is 2. The van der Waals surface area contributed by atoms with E-state index in [4.69, 9.17) is 9.84 Å². The molecule has 0 spiro atoms. The Morgan fingerprint density at radius 1 is 1.26 bits per heavy atom. The minimum Gasteiger partial charge on any atom is -0.379 e.